The number of amides is 2. The van der Waals surface area contributed by atoms with Crippen molar-refractivity contribution in [2.75, 3.05) is 0 Å². The number of rotatable bonds is 1. The molecule has 1 rings (SSSR count). The first-order valence-corrected chi connectivity index (χ1v) is 5.97. The Morgan fingerprint density at radius 2 is 1.95 bits per heavy atom. The first kappa shape index (κ1) is 15.2. The maximum atomic E-state index is 12.3. The van der Waals surface area contributed by atoms with Crippen LogP contribution in [0.5, 0.6) is 0 Å². The Hall–Kier alpha value is -1.82. The van der Waals surface area contributed by atoms with Crippen molar-refractivity contribution in [2.45, 2.75) is 33.2 Å². The van der Waals surface area contributed by atoms with E-state index in [-0.39, 0.29) is 10.7 Å². The van der Waals surface area contributed by atoms with Crippen LogP contribution in [0, 0.1) is 6.92 Å². The molecule has 7 heteroatoms. The van der Waals surface area contributed by atoms with E-state index in [9.17, 15) is 9.59 Å². The smallest absolute Gasteiger partial charge is 0.423 e. The number of hydrazine groups is 1. The van der Waals surface area contributed by atoms with Gasteiger partial charge in [0.15, 0.2) is 0 Å². The summed E-state index contributed by atoms with van der Waals surface area (Å²) in [5.74, 6) is -0.484. The minimum atomic E-state index is -1.31. The van der Waals surface area contributed by atoms with E-state index in [4.69, 9.17) is 16.7 Å². The second-order valence-electron chi connectivity index (χ2n) is 5.05. The molecule has 0 radical (unpaired) electrons. The number of aryl methyl sites for hydroxylation is 1. The average molecular weight is 286 g/mol. The van der Waals surface area contributed by atoms with Crippen molar-refractivity contribution in [3.8, 4) is 0 Å². The summed E-state index contributed by atoms with van der Waals surface area (Å²) in [7, 11) is 0. The van der Waals surface area contributed by atoms with Crippen molar-refractivity contribution in [2.24, 2.45) is 0 Å². The third-order valence-corrected chi connectivity index (χ3v) is 2.44. The second-order valence-corrected chi connectivity index (χ2v) is 5.44. The molecule has 6 nitrogen and oxygen atoms in total. The van der Waals surface area contributed by atoms with Gasteiger partial charge < -0.3 is 5.11 Å². The number of hydrogen-bond donors (Lipinski definition) is 2. The summed E-state index contributed by atoms with van der Waals surface area (Å²) in [6, 6.07) is 2.95. The highest BCUT2D eigenvalue weighted by molar-refractivity contribution is 6.29. The fourth-order valence-corrected chi connectivity index (χ4v) is 1.75. The van der Waals surface area contributed by atoms with E-state index in [0.717, 1.165) is 5.01 Å². The van der Waals surface area contributed by atoms with E-state index in [1.807, 2.05) is 0 Å². The quantitative estimate of drug-likeness (QED) is 0.613. The maximum absolute atomic E-state index is 12.3. The number of aromatic nitrogens is 1. The number of carbonyl (C=O) groups is 2. The Kier molecular flexibility index (Phi) is 4.36. The molecule has 0 bridgehead atoms. The molecule has 0 aliphatic rings. The molecular formula is C12H16ClN3O3. The monoisotopic (exact) mass is 285 g/mol. The van der Waals surface area contributed by atoms with Gasteiger partial charge in [-0.25, -0.2) is 20.2 Å². The van der Waals surface area contributed by atoms with Crippen molar-refractivity contribution in [1.29, 1.82) is 0 Å². The summed E-state index contributed by atoms with van der Waals surface area (Å²) in [6.07, 6.45) is -1.31. The highest BCUT2D eigenvalue weighted by Crippen LogP contribution is 2.17. The largest absolute Gasteiger partial charge is 0.464 e. The van der Waals surface area contributed by atoms with Gasteiger partial charge in [-0.1, -0.05) is 11.6 Å². The van der Waals surface area contributed by atoms with Crippen LogP contribution in [0.25, 0.3) is 0 Å². The Morgan fingerprint density at radius 1 is 1.37 bits per heavy atom. The van der Waals surface area contributed by atoms with Gasteiger partial charge in [0.1, 0.15) is 5.15 Å². The molecule has 104 valence electrons. The molecule has 0 unspecified atom stereocenters. The normalized spacial score (nSPS) is 11.0. The predicted molar refractivity (Wildman–Crippen MR) is 71.1 cm³/mol. The number of hydrogen-bond acceptors (Lipinski definition) is 3. The topological polar surface area (TPSA) is 82.5 Å². The Labute approximate surface area is 116 Å². The van der Waals surface area contributed by atoms with Crippen LogP contribution in [0.4, 0.5) is 4.79 Å². The standard InChI is InChI=1S/C12H16ClN3O3/c1-7-5-8(6-9(13)14-7)10(17)16(12(2,3)4)15-11(18)19/h5-6,15H,1-4H3,(H,18,19). The zero-order chi connectivity index (χ0) is 14.8. The molecule has 0 spiro atoms. The predicted octanol–water partition coefficient (Wildman–Crippen LogP) is 2.47. The lowest BCUT2D eigenvalue weighted by molar-refractivity contribution is 0.0401. The Morgan fingerprint density at radius 3 is 2.37 bits per heavy atom. The van der Waals surface area contributed by atoms with Gasteiger partial charge in [0.05, 0.1) is 5.54 Å². The van der Waals surface area contributed by atoms with E-state index < -0.39 is 17.5 Å². The molecule has 0 saturated carbocycles. The van der Waals surface area contributed by atoms with E-state index in [1.165, 1.54) is 6.07 Å². The lowest BCUT2D eigenvalue weighted by Gasteiger charge is -2.34. The van der Waals surface area contributed by atoms with Crippen LogP contribution in [0.2, 0.25) is 5.15 Å². The molecule has 0 aliphatic carbocycles. The van der Waals surface area contributed by atoms with Gasteiger partial charge in [-0.2, -0.15) is 0 Å². The van der Waals surface area contributed by atoms with E-state index in [1.54, 1.807) is 33.8 Å². The summed E-state index contributed by atoms with van der Waals surface area (Å²) in [6.45, 7) is 6.86. The molecule has 19 heavy (non-hydrogen) atoms. The van der Waals surface area contributed by atoms with E-state index >= 15 is 0 Å². The zero-order valence-corrected chi connectivity index (χ0v) is 11.9. The fourth-order valence-electron chi connectivity index (χ4n) is 1.50. The Bertz CT molecular complexity index is 491. The van der Waals surface area contributed by atoms with Gasteiger partial charge >= 0.3 is 6.09 Å². The molecular weight excluding hydrogens is 270 g/mol. The number of carboxylic acid groups (broad SMARTS) is 1. The molecule has 0 aromatic carbocycles. The highest BCUT2D eigenvalue weighted by Gasteiger charge is 2.29. The molecule has 0 atom stereocenters. The third kappa shape index (κ3) is 4.10. The summed E-state index contributed by atoms with van der Waals surface area (Å²) >= 11 is 5.80. The van der Waals surface area contributed by atoms with Crippen LogP contribution in [0.3, 0.4) is 0 Å². The SMILES string of the molecule is Cc1cc(C(=O)N(NC(=O)O)C(C)(C)C)cc(Cl)n1. The highest BCUT2D eigenvalue weighted by atomic mass is 35.5. The van der Waals surface area contributed by atoms with Crippen LogP contribution >= 0.6 is 11.6 Å². The minimum Gasteiger partial charge on any atom is -0.464 e. The molecule has 0 aliphatic heterocycles. The van der Waals surface area contributed by atoms with Crippen LogP contribution in [0.15, 0.2) is 12.1 Å². The molecule has 0 saturated heterocycles. The fraction of sp³-hybridized carbons (Fsp3) is 0.417. The molecule has 1 aromatic heterocycles. The van der Waals surface area contributed by atoms with Crippen molar-refractivity contribution < 1.29 is 14.7 Å². The van der Waals surface area contributed by atoms with E-state index in [0.29, 0.717) is 5.69 Å². The van der Waals surface area contributed by atoms with E-state index in [2.05, 4.69) is 10.4 Å². The third-order valence-electron chi connectivity index (χ3n) is 2.25. The Balaban J connectivity index is 3.15. The van der Waals surface area contributed by atoms with Gasteiger partial charge in [0.25, 0.3) is 5.91 Å². The average Bonchev–Trinajstić information content (AvgIpc) is 2.21. The summed E-state index contributed by atoms with van der Waals surface area (Å²) in [5, 5.41) is 10.0. The first-order valence-electron chi connectivity index (χ1n) is 5.59. The summed E-state index contributed by atoms with van der Waals surface area (Å²) in [4.78, 5) is 27.1. The van der Waals surface area contributed by atoms with Gasteiger partial charge in [0.2, 0.25) is 0 Å². The number of carbonyl (C=O) groups excluding carboxylic acids is 1. The van der Waals surface area contributed by atoms with Gasteiger partial charge in [-0.05, 0) is 39.8 Å². The van der Waals surface area contributed by atoms with Gasteiger partial charge in [0, 0.05) is 11.3 Å². The van der Waals surface area contributed by atoms with Crippen molar-refractivity contribution >= 4 is 23.6 Å². The molecule has 1 heterocycles. The number of pyridine rings is 1. The first-order chi connectivity index (χ1) is 8.61. The lowest BCUT2D eigenvalue weighted by Crippen LogP contribution is -2.55. The lowest BCUT2D eigenvalue weighted by atomic mass is 10.1. The van der Waals surface area contributed by atoms with Crippen LogP contribution in [-0.2, 0) is 0 Å². The summed E-state index contributed by atoms with van der Waals surface area (Å²) in [5.41, 5.74) is 2.25. The second kappa shape index (κ2) is 5.44. The van der Waals surface area contributed by atoms with Gasteiger partial charge in [-0.15, -0.1) is 0 Å². The number of halogens is 1. The van der Waals surface area contributed by atoms with Crippen molar-refractivity contribution in [1.82, 2.24) is 15.4 Å². The molecule has 2 N–H and O–H groups in total. The number of nitrogens with zero attached hydrogens (tertiary/aromatic N) is 2. The molecule has 2 amide bonds. The molecule has 0 fully saturated rings. The van der Waals surface area contributed by atoms with Crippen LogP contribution in [-0.4, -0.2) is 32.6 Å². The zero-order valence-electron chi connectivity index (χ0n) is 11.2. The summed E-state index contributed by atoms with van der Waals surface area (Å²) < 4.78 is 0. The minimum absolute atomic E-state index is 0.188. The van der Waals surface area contributed by atoms with Crippen LogP contribution < -0.4 is 5.43 Å². The van der Waals surface area contributed by atoms with Gasteiger partial charge in [-0.3, -0.25) is 4.79 Å². The maximum Gasteiger partial charge on any atom is 0.423 e. The number of nitrogens with one attached hydrogen (secondary N) is 1. The van der Waals surface area contributed by atoms with Crippen molar-refractivity contribution in [3.05, 3.63) is 28.5 Å². The molecule has 1 aromatic rings. The van der Waals surface area contributed by atoms with Crippen molar-refractivity contribution in [3.63, 3.8) is 0 Å². The van der Waals surface area contributed by atoms with Crippen LogP contribution in [0.1, 0.15) is 36.8 Å².